The first kappa shape index (κ1) is 15.9. The number of benzene rings is 3. The summed E-state index contributed by atoms with van der Waals surface area (Å²) in [4.78, 5) is 6.88. The molecule has 4 N–H and O–H groups in total. The number of fused-ring (bicyclic) bond motifs is 2. The summed E-state index contributed by atoms with van der Waals surface area (Å²) in [7, 11) is 0. The van der Waals surface area contributed by atoms with Crippen molar-refractivity contribution in [1.82, 2.24) is 9.97 Å². The first-order chi connectivity index (χ1) is 13.3. The minimum atomic E-state index is -0.444. The average molecular weight is 351 g/mol. The second-order valence-corrected chi connectivity index (χ2v) is 6.97. The highest BCUT2D eigenvalue weighted by Gasteiger charge is 2.38. The van der Waals surface area contributed by atoms with E-state index in [0.717, 1.165) is 11.0 Å². The van der Waals surface area contributed by atoms with Gasteiger partial charge in [-0.15, -0.1) is 0 Å². The molecule has 0 aliphatic carbocycles. The smallest absolute Gasteiger partial charge is 0.0615 e. The van der Waals surface area contributed by atoms with Gasteiger partial charge in [0.2, 0.25) is 0 Å². The fraction of sp³-hybridized carbons (Fsp3) is 0.0833. The molecule has 2 aromatic heterocycles. The van der Waals surface area contributed by atoms with Gasteiger partial charge in [-0.1, -0.05) is 66.7 Å². The van der Waals surface area contributed by atoms with Crippen LogP contribution in [0.1, 0.15) is 16.7 Å². The first-order valence-electron chi connectivity index (χ1n) is 9.23. The van der Waals surface area contributed by atoms with Crippen LogP contribution in [0, 0.1) is 0 Å². The Morgan fingerprint density at radius 3 is 1.63 bits per heavy atom. The van der Waals surface area contributed by atoms with Crippen LogP contribution < -0.4 is 5.73 Å². The molecule has 0 aliphatic heterocycles. The Balaban J connectivity index is 1.91. The molecule has 5 aromatic rings. The first-order valence-corrected chi connectivity index (χ1v) is 9.23. The van der Waals surface area contributed by atoms with Crippen molar-refractivity contribution >= 4 is 21.8 Å². The third-order valence-electron chi connectivity index (χ3n) is 5.67. The molecule has 27 heavy (non-hydrogen) atoms. The number of aromatic nitrogens is 2. The second kappa shape index (κ2) is 6.15. The van der Waals surface area contributed by atoms with Crippen molar-refractivity contribution in [1.29, 1.82) is 0 Å². The SMILES string of the molecule is NCC(c1ccccc1)(c1c[nH]c2ccccc12)c1c[nH]c2ccccc12. The number of hydrogen-bond acceptors (Lipinski definition) is 1. The summed E-state index contributed by atoms with van der Waals surface area (Å²) in [6.07, 6.45) is 4.23. The fourth-order valence-corrected chi connectivity index (χ4v) is 4.37. The van der Waals surface area contributed by atoms with Crippen molar-refractivity contribution < 1.29 is 0 Å². The van der Waals surface area contributed by atoms with Crippen molar-refractivity contribution in [3.8, 4) is 0 Å². The van der Waals surface area contributed by atoms with E-state index >= 15 is 0 Å². The van der Waals surface area contributed by atoms with Crippen LogP contribution in [0.25, 0.3) is 21.8 Å². The zero-order valence-electron chi connectivity index (χ0n) is 14.9. The molecule has 2 heterocycles. The maximum absolute atomic E-state index is 6.58. The van der Waals surface area contributed by atoms with E-state index in [1.807, 2.05) is 0 Å². The minimum Gasteiger partial charge on any atom is -0.361 e. The normalized spacial score (nSPS) is 12.0. The zero-order valence-corrected chi connectivity index (χ0v) is 14.9. The van der Waals surface area contributed by atoms with Crippen LogP contribution in [-0.4, -0.2) is 16.5 Å². The number of nitrogens with two attached hydrogens (primary N) is 1. The lowest BCUT2D eigenvalue weighted by molar-refractivity contribution is 0.640. The lowest BCUT2D eigenvalue weighted by Gasteiger charge is -2.33. The molecule has 3 heteroatoms. The molecule has 0 radical (unpaired) electrons. The molecule has 0 aliphatic rings. The summed E-state index contributed by atoms with van der Waals surface area (Å²) in [6, 6.07) is 27.4. The Morgan fingerprint density at radius 1 is 0.630 bits per heavy atom. The monoisotopic (exact) mass is 351 g/mol. The van der Waals surface area contributed by atoms with E-state index in [1.165, 1.54) is 27.5 Å². The quantitative estimate of drug-likeness (QED) is 0.422. The summed E-state index contributed by atoms with van der Waals surface area (Å²) in [5.74, 6) is 0. The summed E-state index contributed by atoms with van der Waals surface area (Å²) in [6.45, 7) is 0.473. The van der Waals surface area contributed by atoms with Crippen molar-refractivity contribution in [2.24, 2.45) is 5.73 Å². The summed E-state index contributed by atoms with van der Waals surface area (Å²) >= 11 is 0. The number of para-hydroxylation sites is 2. The summed E-state index contributed by atoms with van der Waals surface area (Å²) in [5, 5.41) is 2.41. The van der Waals surface area contributed by atoms with Crippen molar-refractivity contribution in [2.75, 3.05) is 6.54 Å². The van der Waals surface area contributed by atoms with Gasteiger partial charge in [-0.3, -0.25) is 0 Å². The third-order valence-corrected chi connectivity index (χ3v) is 5.67. The molecule has 0 saturated heterocycles. The molecule has 0 atom stereocenters. The number of H-pyrrole nitrogens is 2. The van der Waals surface area contributed by atoms with Crippen molar-refractivity contribution in [3.63, 3.8) is 0 Å². The highest BCUT2D eigenvalue weighted by atomic mass is 14.7. The van der Waals surface area contributed by atoms with Crippen LogP contribution in [-0.2, 0) is 5.41 Å². The predicted molar refractivity (Wildman–Crippen MR) is 112 cm³/mol. The molecule has 0 unspecified atom stereocenters. The topological polar surface area (TPSA) is 57.6 Å². The van der Waals surface area contributed by atoms with Gasteiger partial charge in [0.1, 0.15) is 0 Å². The van der Waals surface area contributed by atoms with E-state index in [2.05, 4.69) is 101 Å². The molecule has 3 aromatic carbocycles. The number of hydrogen-bond donors (Lipinski definition) is 3. The highest BCUT2D eigenvalue weighted by molar-refractivity contribution is 5.90. The van der Waals surface area contributed by atoms with E-state index in [9.17, 15) is 0 Å². The number of rotatable bonds is 4. The Bertz CT molecular complexity index is 1140. The van der Waals surface area contributed by atoms with E-state index < -0.39 is 5.41 Å². The van der Waals surface area contributed by atoms with E-state index in [-0.39, 0.29) is 0 Å². The highest BCUT2D eigenvalue weighted by Crippen LogP contribution is 2.44. The van der Waals surface area contributed by atoms with Crippen LogP contribution in [0.3, 0.4) is 0 Å². The molecule has 3 nitrogen and oxygen atoms in total. The van der Waals surface area contributed by atoms with Crippen LogP contribution in [0.2, 0.25) is 0 Å². The molecule has 0 fully saturated rings. The van der Waals surface area contributed by atoms with Crippen molar-refractivity contribution in [3.05, 3.63) is 108 Å². The van der Waals surface area contributed by atoms with Gasteiger partial charge < -0.3 is 15.7 Å². The van der Waals surface area contributed by atoms with Gasteiger partial charge in [0, 0.05) is 40.7 Å². The molecule has 0 spiro atoms. The number of nitrogens with one attached hydrogen (secondary N) is 2. The van der Waals surface area contributed by atoms with Gasteiger partial charge in [-0.25, -0.2) is 0 Å². The van der Waals surface area contributed by atoms with Gasteiger partial charge in [-0.05, 0) is 28.8 Å². The molecule has 132 valence electrons. The Morgan fingerprint density at radius 2 is 1.11 bits per heavy atom. The number of aromatic amines is 2. The van der Waals surface area contributed by atoms with Gasteiger partial charge in [0.15, 0.2) is 0 Å². The van der Waals surface area contributed by atoms with Crippen LogP contribution >= 0.6 is 0 Å². The van der Waals surface area contributed by atoms with Gasteiger partial charge in [0.25, 0.3) is 0 Å². The van der Waals surface area contributed by atoms with Crippen LogP contribution in [0.5, 0.6) is 0 Å². The fourth-order valence-electron chi connectivity index (χ4n) is 4.37. The minimum absolute atomic E-state index is 0.444. The lowest BCUT2D eigenvalue weighted by atomic mass is 9.69. The Hall–Kier alpha value is -3.30. The predicted octanol–water partition coefficient (Wildman–Crippen LogP) is 4.94. The zero-order chi connectivity index (χ0) is 18.3. The molecular weight excluding hydrogens is 330 g/mol. The Labute approximate surface area is 157 Å². The molecular formula is C24H21N3. The molecule has 0 bridgehead atoms. The second-order valence-electron chi connectivity index (χ2n) is 6.97. The maximum Gasteiger partial charge on any atom is 0.0615 e. The third kappa shape index (κ3) is 2.25. The van der Waals surface area contributed by atoms with E-state index in [0.29, 0.717) is 6.54 Å². The maximum atomic E-state index is 6.58. The lowest BCUT2D eigenvalue weighted by Crippen LogP contribution is -2.37. The van der Waals surface area contributed by atoms with Gasteiger partial charge in [0.05, 0.1) is 5.41 Å². The van der Waals surface area contributed by atoms with Crippen LogP contribution in [0.4, 0.5) is 0 Å². The largest absolute Gasteiger partial charge is 0.361 e. The van der Waals surface area contributed by atoms with E-state index in [1.54, 1.807) is 0 Å². The van der Waals surface area contributed by atoms with Gasteiger partial charge in [-0.2, -0.15) is 0 Å². The molecule has 0 saturated carbocycles. The molecule has 0 amide bonds. The Kier molecular flexibility index (Phi) is 3.62. The summed E-state index contributed by atoms with van der Waals surface area (Å²) < 4.78 is 0. The van der Waals surface area contributed by atoms with E-state index in [4.69, 9.17) is 5.73 Å². The summed E-state index contributed by atoms with van der Waals surface area (Å²) in [5.41, 5.74) is 12.0. The average Bonchev–Trinajstić information content (AvgIpc) is 3.36. The molecule has 5 rings (SSSR count). The standard InChI is InChI=1S/C24H21N3/c25-16-24(17-8-2-1-3-9-17,20-14-26-22-12-6-4-10-18(20)22)21-15-27-23-13-7-5-11-19(21)23/h1-15,26-27H,16,25H2. The van der Waals surface area contributed by atoms with Crippen molar-refractivity contribution in [2.45, 2.75) is 5.41 Å². The van der Waals surface area contributed by atoms with Crippen LogP contribution in [0.15, 0.2) is 91.3 Å². The van der Waals surface area contributed by atoms with Gasteiger partial charge >= 0.3 is 0 Å².